The van der Waals surface area contributed by atoms with Crippen LogP contribution in [0, 0.1) is 22.7 Å². The molecule has 1 aromatic carbocycles. The van der Waals surface area contributed by atoms with E-state index in [4.69, 9.17) is 14.1 Å². The number of aromatic nitrogens is 1. The van der Waals surface area contributed by atoms with E-state index in [0.717, 1.165) is 0 Å². The topological polar surface area (TPSA) is 110 Å². The van der Waals surface area contributed by atoms with Crippen molar-refractivity contribution >= 4 is 11.8 Å². The van der Waals surface area contributed by atoms with Crippen molar-refractivity contribution in [1.82, 2.24) is 9.88 Å². The maximum atomic E-state index is 12.7. The van der Waals surface area contributed by atoms with E-state index in [2.05, 4.69) is 4.98 Å². The SMILES string of the molecule is N#Cc1cccc(C(=O)N2CCN(c3oc(-c4ccco4)nc3C#N)CC2)c1. The van der Waals surface area contributed by atoms with Crippen molar-refractivity contribution in [3.05, 3.63) is 59.5 Å². The third-order valence-electron chi connectivity index (χ3n) is 4.54. The van der Waals surface area contributed by atoms with E-state index in [-0.39, 0.29) is 17.5 Å². The molecule has 1 aliphatic heterocycles. The standard InChI is InChI=1S/C20H15N5O3/c21-12-14-3-1-4-15(11-14)19(26)24-6-8-25(9-7-24)20-16(13-22)23-18(28-20)17-5-2-10-27-17/h1-5,10-11H,6-9H2. The minimum Gasteiger partial charge on any atom is -0.459 e. The van der Waals surface area contributed by atoms with Crippen LogP contribution in [0.2, 0.25) is 0 Å². The number of oxazole rings is 1. The molecule has 28 heavy (non-hydrogen) atoms. The zero-order chi connectivity index (χ0) is 19.5. The molecule has 1 saturated heterocycles. The second-order valence-corrected chi connectivity index (χ2v) is 6.23. The third kappa shape index (κ3) is 3.19. The molecule has 4 rings (SSSR count). The quantitative estimate of drug-likeness (QED) is 0.694. The van der Waals surface area contributed by atoms with Crippen LogP contribution in [-0.2, 0) is 0 Å². The number of hydrogen-bond donors (Lipinski definition) is 0. The van der Waals surface area contributed by atoms with E-state index in [9.17, 15) is 10.1 Å². The van der Waals surface area contributed by atoms with E-state index >= 15 is 0 Å². The summed E-state index contributed by atoms with van der Waals surface area (Å²) in [5.41, 5.74) is 1.13. The van der Waals surface area contributed by atoms with E-state index in [1.807, 2.05) is 17.0 Å². The maximum absolute atomic E-state index is 12.7. The first kappa shape index (κ1) is 17.4. The van der Waals surface area contributed by atoms with Gasteiger partial charge in [0.05, 0.1) is 17.9 Å². The highest BCUT2D eigenvalue weighted by Crippen LogP contribution is 2.29. The monoisotopic (exact) mass is 373 g/mol. The number of carbonyl (C=O) groups is 1. The summed E-state index contributed by atoms with van der Waals surface area (Å²) in [5, 5.41) is 18.4. The third-order valence-corrected chi connectivity index (χ3v) is 4.54. The molecule has 0 saturated carbocycles. The molecule has 3 aromatic rings. The van der Waals surface area contributed by atoms with Gasteiger partial charge in [-0.25, -0.2) is 0 Å². The lowest BCUT2D eigenvalue weighted by Crippen LogP contribution is -2.48. The van der Waals surface area contributed by atoms with Crippen molar-refractivity contribution in [2.24, 2.45) is 0 Å². The molecule has 8 heteroatoms. The smallest absolute Gasteiger partial charge is 0.266 e. The first-order valence-electron chi connectivity index (χ1n) is 8.69. The zero-order valence-electron chi connectivity index (χ0n) is 14.8. The van der Waals surface area contributed by atoms with Crippen LogP contribution in [0.5, 0.6) is 0 Å². The molecular weight excluding hydrogens is 358 g/mol. The van der Waals surface area contributed by atoms with Crippen LogP contribution in [0.25, 0.3) is 11.7 Å². The highest BCUT2D eigenvalue weighted by molar-refractivity contribution is 5.94. The Labute approximate surface area is 160 Å². The highest BCUT2D eigenvalue weighted by Gasteiger charge is 2.27. The zero-order valence-corrected chi connectivity index (χ0v) is 14.8. The maximum Gasteiger partial charge on any atom is 0.266 e. The normalized spacial score (nSPS) is 13.8. The van der Waals surface area contributed by atoms with Crippen molar-refractivity contribution < 1.29 is 13.6 Å². The van der Waals surface area contributed by atoms with Crippen LogP contribution < -0.4 is 4.90 Å². The Morgan fingerprint density at radius 3 is 2.57 bits per heavy atom. The summed E-state index contributed by atoms with van der Waals surface area (Å²) in [6.07, 6.45) is 1.51. The number of nitrogens with zero attached hydrogens (tertiary/aromatic N) is 5. The van der Waals surface area contributed by atoms with Gasteiger partial charge in [0.25, 0.3) is 11.8 Å². The number of hydrogen-bond acceptors (Lipinski definition) is 7. The lowest BCUT2D eigenvalue weighted by molar-refractivity contribution is 0.0745. The van der Waals surface area contributed by atoms with Gasteiger partial charge in [0, 0.05) is 31.7 Å². The molecule has 2 aromatic heterocycles. The molecule has 0 unspecified atom stereocenters. The van der Waals surface area contributed by atoms with Gasteiger partial charge < -0.3 is 18.6 Å². The number of amides is 1. The van der Waals surface area contributed by atoms with Gasteiger partial charge in [-0.3, -0.25) is 4.79 Å². The largest absolute Gasteiger partial charge is 0.459 e. The van der Waals surface area contributed by atoms with Crippen molar-refractivity contribution in [1.29, 1.82) is 10.5 Å². The van der Waals surface area contributed by atoms with Gasteiger partial charge in [0.15, 0.2) is 5.76 Å². The average molecular weight is 373 g/mol. The summed E-state index contributed by atoms with van der Waals surface area (Å²) in [6.45, 7) is 1.95. The van der Waals surface area contributed by atoms with Crippen molar-refractivity contribution in [2.75, 3.05) is 31.1 Å². The fourth-order valence-electron chi connectivity index (χ4n) is 3.12. The molecule has 0 aliphatic carbocycles. The molecule has 1 amide bonds. The van der Waals surface area contributed by atoms with Gasteiger partial charge in [-0.05, 0) is 30.3 Å². The van der Waals surface area contributed by atoms with Crippen molar-refractivity contribution in [2.45, 2.75) is 0 Å². The van der Waals surface area contributed by atoms with Gasteiger partial charge in [0.2, 0.25) is 11.6 Å². The van der Waals surface area contributed by atoms with Crippen LogP contribution in [0.1, 0.15) is 21.6 Å². The molecule has 1 fully saturated rings. The summed E-state index contributed by atoms with van der Waals surface area (Å²) in [6, 6.07) is 14.2. The minimum atomic E-state index is -0.119. The molecule has 0 spiro atoms. The molecule has 0 N–H and O–H groups in total. The summed E-state index contributed by atoms with van der Waals surface area (Å²) < 4.78 is 11.0. The van der Waals surface area contributed by atoms with Gasteiger partial charge in [-0.1, -0.05) is 6.07 Å². The van der Waals surface area contributed by atoms with Crippen LogP contribution >= 0.6 is 0 Å². The van der Waals surface area contributed by atoms with Gasteiger partial charge >= 0.3 is 0 Å². The van der Waals surface area contributed by atoms with Crippen LogP contribution in [0.4, 0.5) is 5.88 Å². The van der Waals surface area contributed by atoms with Crippen molar-refractivity contribution in [3.63, 3.8) is 0 Å². The second-order valence-electron chi connectivity index (χ2n) is 6.23. The Morgan fingerprint density at radius 2 is 1.89 bits per heavy atom. The molecule has 0 atom stereocenters. The lowest BCUT2D eigenvalue weighted by atomic mass is 10.1. The predicted molar refractivity (Wildman–Crippen MR) is 98.2 cm³/mol. The minimum absolute atomic E-state index is 0.119. The van der Waals surface area contributed by atoms with E-state index < -0.39 is 0 Å². The Kier molecular flexibility index (Phi) is 4.53. The highest BCUT2D eigenvalue weighted by atomic mass is 16.4. The Morgan fingerprint density at radius 1 is 1.07 bits per heavy atom. The second kappa shape index (κ2) is 7.29. The fourth-order valence-corrected chi connectivity index (χ4v) is 3.12. The van der Waals surface area contributed by atoms with E-state index in [1.54, 1.807) is 41.3 Å². The van der Waals surface area contributed by atoms with Gasteiger partial charge in [0.1, 0.15) is 6.07 Å². The lowest BCUT2D eigenvalue weighted by Gasteiger charge is -2.34. The van der Waals surface area contributed by atoms with E-state index in [1.165, 1.54) is 6.26 Å². The number of nitriles is 2. The molecule has 138 valence electrons. The van der Waals surface area contributed by atoms with Crippen LogP contribution in [0.3, 0.4) is 0 Å². The van der Waals surface area contributed by atoms with Crippen molar-refractivity contribution in [3.8, 4) is 23.8 Å². The number of carbonyl (C=O) groups excluding carboxylic acids is 1. The Balaban J connectivity index is 1.48. The number of anilines is 1. The predicted octanol–water partition coefficient (Wildman–Crippen LogP) is 2.64. The van der Waals surface area contributed by atoms with Gasteiger partial charge in [-0.15, -0.1) is 0 Å². The molecule has 1 aliphatic rings. The number of benzene rings is 1. The number of furan rings is 1. The first-order valence-corrected chi connectivity index (χ1v) is 8.69. The number of rotatable bonds is 3. The number of piperazine rings is 1. The fraction of sp³-hybridized carbons (Fsp3) is 0.200. The molecule has 0 bridgehead atoms. The van der Waals surface area contributed by atoms with Crippen LogP contribution in [0.15, 0.2) is 51.5 Å². The summed E-state index contributed by atoms with van der Waals surface area (Å²) >= 11 is 0. The molecule has 0 radical (unpaired) electrons. The van der Waals surface area contributed by atoms with Crippen LogP contribution in [-0.4, -0.2) is 42.0 Å². The summed E-state index contributed by atoms with van der Waals surface area (Å²) in [5.74, 6) is 0.968. The van der Waals surface area contributed by atoms with Gasteiger partial charge in [-0.2, -0.15) is 15.5 Å². The average Bonchev–Trinajstić information content (AvgIpc) is 3.43. The molecule has 8 nitrogen and oxygen atoms in total. The van der Waals surface area contributed by atoms with E-state index in [0.29, 0.717) is 49.0 Å². The first-order chi connectivity index (χ1) is 13.7. The molecular formula is C20H15N5O3. The molecule has 3 heterocycles. The Hall–Kier alpha value is -4.04. The summed E-state index contributed by atoms with van der Waals surface area (Å²) in [4.78, 5) is 20.5. The summed E-state index contributed by atoms with van der Waals surface area (Å²) in [7, 11) is 0. The Bertz CT molecular complexity index is 1080.